The van der Waals surface area contributed by atoms with E-state index in [1.807, 2.05) is 55.1 Å². The maximum absolute atomic E-state index is 12.4. The average Bonchev–Trinajstić information content (AvgIpc) is 3.20. The molecular formula is C26H31N5O2. The van der Waals surface area contributed by atoms with E-state index < -0.39 is 0 Å². The maximum Gasteiger partial charge on any atom is 0.252 e. The van der Waals surface area contributed by atoms with Crippen LogP contribution < -0.4 is 10.9 Å². The van der Waals surface area contributed by atoms with E-state index in [9.17, 15) is 9.59 Å². The van der Waals surface area contributed by atoms with E-state index >= 15 is 0 Å². The van der Waals surface area contributed by atoms with Gasteiger partial charge in [0.2, 0.25) is 0 Å². The molecule has 33 heavy (non-hydrogen) atoms. The van der Waals surface area contributed by atoms with Crippen molar-refractivity contribution >= 4 is 17.3 Å². The maximum atomic E-state index is 12.4. The molecule has 0 saturated carbocycles. The Balaban J connectivity index is 1.62. The number of carbonyl (C=O) groups excluding carboxylic acids is 1. The number of pyridine rings is 1. The van der Waals surface area contributed by atoms with Crippen LogP contribution in [0.25, 0.3) is 0 Å². The van der Waals surface area contributed by atoms with Gasteiger partial charge in [-0.05, 0) is 64.3 Å². The number of Topliss-reactive ketones (excluding diaryl/α,β-unsaturated/α-hetero) is 1. The lowest BCUT2D eigenvalue weighted by Gasteiger charge is -2.24. The first-order chi connectivity index (χ1) is 15.7. The number of aromatic nitrogens is 3. The zero-order valence-electron chi connectivity index (χ0n) is 19.9. The minimum atomic E-state index is -0.0414. The summed E-state index contributed by atoms with van der Waals surface area (Å²) in [5.74, 6) is 1.07. The van der Waals surface area contributed by atoms with E-state index in [2.05, 4.69) is 29.2 Å². The molecule has 1 aromatic carbocycles. The molecule has 0 saturated heterocycles. The Hall–Kier alpha value is -3.32. The van der Waals surface area contributed by atoms with Crippen molar-refractivity contribution in [2.24, 2.45) is 4.99 Å². The van der Waals surface area contributed by atoms with Crippen LogP contribution in [0.15, 0.2) is 46.3 Å². The number of nitrogens with zero attached hydrogens (tertiary/aromatic N) is 3. The van der Waals surface area contributed by atoms with Gasteiger partial charge in [-0.3, -0.25) is 9.59 Å². The van der Waals surface area contributed by atoms with Gasteiger partial charge in [-0.2, -0.15) is 5.10 Å². The highest BCUT2D eigenvalue weighted by Crippen LogP contribution is 2.37. The highest BCUT2D eigenvalue weighted by atomic mass is 16.1. The molecule has 3 aromatic rings. The van der Waals surface area contributed by atoms with E-state index in [1.165, 1.54) is 0 Å². The highest BCUT2D eigenvalue weighted by Gasteiger charge is 2.28. The normalized spacial score (nSPS) is 15.5. The number of aryl methyl sites for hydroxylation is 2. The summed E-state index contributed by atoms with van der Waals surface area (Å²) >= 11 is 0. The van der Waals surface area contributed by atoms with Crippen LogP contribution in [0.2, 0.25) is 0 Å². The first-order valence-corrected chi connectivity index (χ1v) is 11.4. The molecule has 2 aromatic heterocycles. The Kier molecular flexibility index (Phi) is 6.42. The van der Waals surface area contributed by atoms with Crippen molar-refractivity contribution in [2.45, 2.75) is 59.5 Å². The number of aliphatic imine (C=N–C) groups is 1. The Morgan fingerprint density at radius 3 is 2.76 bits per heavy atom. The summed E-state index contributed by atoms with van der Waals surface area (Å²) in [6, 6.07) is 9.84. The molecule has 3 heterocycles. The first-order valence-electron chi connectivity index (χ1n) is 11.4. The minimum Gasteiger partial charge on any atom is -0.326 e. The predicted octanol–water partition coefficient (Wildman–Crippen LogP) is 4.37. The number of aromatic amines is 1. The molecular weight excluding hydrogens is 414 g/mol. The lowest BCUT2D eigenvalue weighted by Crippen LogP contribution is -2.28. The molecule has 4 rings (SSSR count). The number of H-pyrrole nitrogens is 1. The monoisotopic (exact) mass is 445 g/mol. The van der Waals surface area contributed by atoms with Gasteiger partial charge in [0.25, 0.3) is 5.56 Å². The molecule has 172 valence electrons. The number of hydrogen-bond donors (Lipinski definition) is 2. The van der Waals surface area contributed by atoms with Crippen molar-refractivity contribution in [3.8, 4) is 0 Å². The SMILES string of the molecule is CC(=O)c1cccc(C2=Nc3c(cnn3C(C)C)C(CNCc3c(C)cc(C)[nH]c3=O)C2)c1. The Morgan fingerprint density at radius 2 is 2.06 bits per heavy atom. The molecule has 7 heteroatoms. The van der Waals surface area contributed by atoms with Gasteiger partial charge in [-0.25, -0.2) is 9.67 Å². The van der Waals surface area contributed by atoms with Crippen LogP contribution in [0.5, 0.6) is 0 Å². The van der Waals surface area contributed by atoms with E-state index in [1.54, 1.807) is 6.92 Å². The number of hydrogen-bond acceptors (Lipinski definition) is 5. The average molecular weight is 446 g/mol. The molecule has 0 bridgehead atoms. The van der Waals surface area contributed by atoms with Gasteiger partial charge in [0.1, 0.15) is 0 Å². The fourth-order valence-electron chi connectivity index (χ4n) is 4.42. The van der Waals surface area contributed by atoms with Gasteiger partial charge in [0.05, 0.1) is 11.9 Å². The van der Waals surface area contributed by atoms with E-state index in [0.717, 1.165) is 45.9 Å². The van der Waals surface area contributed by atoms with Gasteiger partial charge < -0.3 is 10.3 Å². The summed E-state index contributed by atoms with van der Waals surface area (Å²) in [6.07, 6.45) is 2.65. The minimum absolute atomic E-state index is 0.0399. The van der Waals surface area contributed by atoms with E-state index in [-0.39, 0.29) is 23.3 Å². The largest absolute Gasteiger partial charge is 0.326 e. The van der Waals surface area contributed by atoms with Crippen molar-refractivity contribution in [1.29, 1.82) is 0 Å². The topological polar surface area (TPSA) is 92.1 Å². The number of benzene rings is 1. The van der Waals surface area contributed by atoms with Crippen LogP contribution >= 0.6 is 0 Å². The molecule has 0 aliphatic carbocycles. The number of rotatable bonds is 7. The fourth-order valence-corrected chi connectivity index (χ4v) is 4.42. The van der Waals surface area contributed by atoms with Crippen molar-refractivity contribution < 1.29 is 4.79 Å². The summed E-state index contributed by atoms with van der Waals surface area (Å²) in [6.45, 7) is 10.8. The summed E-state index contributed by atoms with van der Waals surface area (Å²) in [5.41, 5.74) is 6.28. The van der Waals surface area contributed by atoms with Gasteiger partial charge in [0.15, 0.2) is 11.6 Å². The summed E-state index contributed by atoms with van der Waals surface area (Å²) in [4.78, 5) is 32.2. The first kappa shape index (κ1) is 22.9. The Morgan fingerprint density at radius 1 is 1.27 bits per heavy atom. The third-order valence-corrected chi connectivity index (χ3v) is 6.19. The summed E-state index contributed by atoms with van der Waals surface area (Å²) in [7, 11) is 0. The number of nitrogens with one attached hydrogen (secondary N) is 2. The number of carbonyl (C=O) groups is 1. The molecule has 0 radical (unpaired) electrons. The zero-order chi connectivity index (χ0) is 23.7. The third-order valence-electron chi connectivity index (χ3n) is 6.19. The summed E-state index contributed by atoms with van der Waals surface area (Å²) < 4.78 is 1.95. The molecule has 0 spiro atoms. The second-order valence-corrected chi connectivity index (χ2v) is 9.13. The quantitative estimate of drug-likeness (QED) is 0.528. The third kappa shape index (κ3) is 4.73. The second-order valence-electron chi connectivity index (χ2n) is 9.13. The molecule has 1 unspecified atom stereocenters. The smallest absolute Gasteiger partial charge is 0.252 e. The Labute approximate surface area is 194 Å². The Bertz CT molecular complexity index is 1280. The highest BCUT2D eigenvalue weighted by molar-refractivity contribution is 6.05. The van der Waals surface area contributed by atoms with Crippen LogP contribution in [-0.2, 0) is 6.54 Å². The van der Waals surface area contributed by atoms with Crippen LogP contribution in [0.1, 0.15) is 77.5 Å². The van der Waals surface area contributed by atoms with Crippen molar-refractivity contribution in [1.82, 2.24) is 20.1 Å². The second kappa shape index (κ2) is 9.27. The number of ketones is 1. The molecule has 1 atom stereocenters. The standard InChI is InChI=1S/C26H31N5O2/c1-15(2)31-25-23(14-28-31)21(12-27-13-22-16(3)9-17(4)29-26(22)33)11-24(30-25)20-8-6-7-19(10-20)18(5)32/h6-10,14-15,21,27H,11-13H2,1-5H3,(H,29,33). The van der Waals surface area contributed by atoms with Crippen LogP contribution in [0, 0.1) is 13.8 Å². The molecule has 7 nitrogen and oxygen atoms in total. The predicted molar refractivity (Wildman–Crippen MR) is 131 cm³/mol. The van der Waals surface area contributed by atoms with Crippen molar-refractivity contribution in [2.75, 3.05) is 6.54 Å². The van der Waals surface area contributed by atoms with Crippen LogP contribution in [0.3, 0.4) is 0 Å². The molecule has 1 aliphatic heterocycles. The van der Waals surface area contributed by atoms with Gasteiger partial charge in [-0.15, -0.1) is 0 Å². The molecule has 0 fully saturated rings. The lowest BCUT2D eigenvalue weighted by atomic mass is 9.89. The van der Waals surface area contributed by atoms with Gasteiger partial charge >= 0.3 is 0 Å². The van der Waals surface area contributed by atoms with Gasteiger partial charge in [0, 0.05) is 47.4 Å². The van der Waals surface area contributed by atoms with Crippen LogP contribution in [-0.4, -0.2) is 32.8 Å². The van der Waals surface area contributed by atoms with Crippen molar-refractivity contribution in [3.63, 3.8) is 0 Å². The molecule has 0 amide bonds. The molecule has 1 aliphatic rings. The van der Waals surface area contributed by atoms with Gasteiger partial charge in [-0.1, -0.05) is 18.2 Å². The van der Waals surface area contributed by atoms with Crippen LogP contribution in [0.4, 0.5) is 5.82 Å². The van der Waals surface area contributed by atoms with E-state index in [0.29, 0.717) is 18.7 Å². The zero-order valence-corrected chi connectivity index (χ0v) is 19.9. The van der Waals surface area contributed by atoms with E-state index in [4.69, 9.17) is 4.99 Å². The molecule has 2 N–H and O–H groups in total. The summed E-state index contributed by atoms with van der Waals surface area (Å²) in [5, 5.41) is 8.09. The van der Waals surface area contributed by atoms with Crippen molar-refractivity contribution in [3.05, 3.63) is 80.4 Å². The fraction of sp³-hybridized carbons (Fsp3) is 0.385. The number of fused-ring (bicyclic) bond motifs is 1. The lowest BCUT2D eigenvalue weighted by molar-refractivity contribution is 0.101.